The molecule has 2 aromatic rings. The van der Waals surface area contributed by atoms with Crippen LogP contribution in [0, 0.1) is 0 Å². The lowest BCUT2D eigenvalue weighted by Crippen LogP contribution is -2.19. The normalized spacial score (nSPS) is 10.2. The zero-order valence-corrected chi connectivity index (χ0v) is 11.8. The Balaban J connectivity index is 1.96. The van der Waals surface area contributed by atoms with E-state index >= 15 is 0 Å². The third-order valence-electron chi connectivity index (χ3n) is 2.22. The molecule has 0 fully saturated rings. The summed E-state index contributed by atoms with van der Waals surface area (Å²) in [6.45, 7) is 0. The molecule has 1 heterocycles. The fourth-order valence-electron chi connectivity index (χ4n) is 1.40. The Morgan fingerprint density at radius 1 is 1.30 bits per heavy atom. The molecule has 20 heavy (non-hydrogen) atoms. The Labute approximate surface area is 122 Å². The second kappa shape index (κ2) is 6.35. The van der Waals surface area contributed by atoms with Crippen LogP contribution in [0.4, 0.5) is 10.8 Å². The van der Waals surface area contributed by atoms with E-state index in [9.17, 15) is 9.59 Å². The molecule has 0 saturated carbocycles. The zero-order valence-electron chi connectivity index (χ0n) is 10.2. The minimum atomic E-state index is -0.592. The first-order chi connectivity index (χ1) is 9.56. The van der Waals surface area contributed by atoms with E-state index in [1.165, 1.54) is 23.1 Å². The van der Waals surface area contributed by atoms with Crippen molar-refractivity contribution in [2.75, 3.05) is 16.8 Å². The van der Waals surface area contributed by atoms with Crippen molar-refractivity contribution in [3.05, 3.63) is 29.8 Å². The van der Waals surface area contributed by atoms with Gasteiger partial charge in [0, 0.05) is 0 Å². The number of anilines is 2. The number of benzene rings is 1. The number of thioether (sulfide) groups is 1. The molecule has 0 radical (unpaired) electrons. The summed E-state index contributed by atoms with van der Waals surface area (Å²) in [5, 5.41) is 10.4. The average molecular weight is 309 g/mol. The van der Waals surface area contributed by atoms with Crippen molar-refractivity contribution in [3.63, 3.8) is 0 Å². The molecule has 2 amide bonds. The van der Waals surface area contributed by atoms with Crippen molar-refractivity contribution in [3.8, 4) is 0 Å². The first-order valence-corrected chi connectivity index (χ1v) is 7.27. The third-order valence-corrected chi connectivity index (χ3v) is 4.10. The third kappa shape index (κ3) is 3.68. The minimum absolute atomic E-state index is 0.141. The van der Waals surface area contributed by atoms with Crippen molar-refractivity contribution >= 4 is 45.7 Å². The Kier molecular flexibility index (Phi) is 4.53. The van der Waals surface area contributed by atoms with Gasteiger partial charge in [0.25, 0.3) is 5.91 Å². The number of aromatic nitrogens is 2. The fourth-order valence-corrected chi connectivity index (χ4v) is 2.84. The Hall–Kier alpha value is -2.13. The summed E-state index contributed by atoms with van der Waals surface area (Å²) in [7, 11) is 0. The maximum absolute atomic E-state index is 11.8. The van der Waals surface area contributed by atoms with Gasteiger partial charge < -0.3 is 16.8 Å². The average Bonchev–Trinajstić information content (AvgIpc) is 2.83. The van der Waals surface area contributed by atoms with Gasteiger partial charge in [-0.05, 0) is 12.1 Å². The molecule has 9 heteroatoms. The summed E-state index contributed by atoms with van der Waals surface area (Å²) in [5.41, 5.74) is 11.3. The smallest absolute Gasteiger partial charge is 0.250 e. The van der Waals surface area contributed by atoms with E-state index in [4.69, 9.17) is 11.5 Å². The number of para-hydroxylation sites is 1. The number of nitrogens with zero attached hydrogens (tertiary/aromatic N) is 2. The van der Waals surface area contributed by atoms with E-state index in [2.05, 4.69) is 15.5 Å². The van der Waals surface area contributed by atoms with Gasteiger partial charge in [-0.15, -0.1) is 10.2 Å². The number of primary amides is 1. The summed E-state index contributed by atoms with van der Waals surface area (Å²) in [6.07, 6.45) is 0. The molecule has 1 aromatic heterocycles. The maximum Gasteiger partial charge on any atom is 0.250 e. The molecular weight excluding hydrogens is 298 g/mol. The van der Waals surface area contributed by atoms with Gasteiger partial charge in [-0.3, -0.25) is 9.59 Å². The lowest BCUT2D eigenvalue weighted by molar-refractivity contribution is -0.113. The number of amides is 2. The maximum atomic E-state index is 11.8. The summed E-state index contributed by atoms with van der Waals surface area (Å²) >= 11 is 2.43. The molecule has 7 nitrogen and oxygen atoms in total. The molecule has 0 aliphatic heterocycles. The number of hydrogen-bond acceptors (Lipinski definition) is 7. The highest BCUT2D eigenvalue weighted by Gasteiger charge is 2.11. The van der Waals surface area contributed by atoms with Crippen molar-refractivity contribution in [2.45, 2.75) is 4.34 Å². The number of nitrogens with one attached hydrogen (secondary N) is 1. The number of hydrogen-bond donors (Lipinski definition) is 3. The summed E-state index contributed by atoms with van der Waals surface area (Å²) in [4.78, 5) is 23.0. The predicted octanol–water partition coefficient (Wildman–Crippen LogP) is 0.950. The van der Waals surface area contributed by atoms with Gasteiger partial charge in [0.2, 0.25) is 11.0 Å². The quantitative estimate of drug-likeness (QED) is 0.706. The zero-order chi connectivity index (χ0) is 14.5. The lowest BCUT2D eigenvalue weighted by Gasteiger charge is -2.07. The molecular formula is C11H11N5O2S2. The summed E-state index contributed by atoms with van der Waals surface area (Å²) < 4.78 is 0.612. The molecule has 5 N–H and O–H groups in total. The van der Waals surface area contributed by atoms with Gasteiger partial charge in [0.15, 0.2) is 4.34 Å². The number of nitrogens with two attached hydrogens (primary N) is 2. The molecule has 0 spiro atoms. The van der Waals surface area contributed by atoms with E-state index in [1.54, 1.807) is 24.3 Å². The fraction of sp³-hybridized carbons (Fsp3) is 0.0909. The van der Waals surface area contributed by atoms with E-state index in [0.717, 1.165) is 0 Å². The van der Waals surface area contributed by atoms with E-state index in [0.29, 0.717) is 15.2 Å². The van der Waals surface area contributed by atoms with Gasteiger partial charge in [-0.2, -0.15) is 0 Å². The van der Waals surface area contributed by atoms with Crippen LogP contribution >= 0.6 is 23.1 Å². The van der Waals surface area contributed by atoms with E-state index in [-0.39, 0.29) is 17.2 Å². The molecule has 104 valence electrons. The number of carbonyl (C=O) groups is 2. The highest BCUT2D eigenvalue weighted by atomic mass is 32.2. The van der Waals surface area contributed by atoms with Gasteiger partial charge in [-0.1, -0.05) is 35.2 Å². The SMILES string of the molecule is NC(=O)c1ccccc1NC(=O)CSc1nnc(N)s1. The molecule has 1 aromatic carbocycles. The summed E-state index contributed by atoms with van der Waals surface area (Å²) in [6, 6.07) is 6.55. The highest BCUT2D eigenvalue weighted by molar-refractivity contribution is 8.01. The first kappa shape index (κ1) is 14.3. The van der Waals surface area contributed by atoms with Crippen molar-refractivity contribution in [2.24, 2.45) is 5.73 Å². The standard InChI is InChI=1S/C11H11N5O2S2/c12-9(18)6-3-1-2-4-7(6)14-8(17)5-19-11-16-15-10(13)20-11/h1-4H,5H2,(H2,12,18)(H2,13,15)(H,14,17). The van der Waals surface area contributed by atoms with Crippen LogP contribution in [0.15, 0.2) is 28.6 Å². The van der Waals surface area contributed by atoms with Gasteiger partial charge >= 0.3 is 0 Å². The van der Waals surface area contributed by atoms with Gasteiger partial charge in [0.1, 0.15) is 0 Å². The first-order valence-electron chi connectivity index (χ1n) is 5.46. The van der Waals surface area contributed by atoms with Crippen molar-refractivity contribution in [1.82, 2.24) is 10.2 Å². The molecule has 0 atom stereocenters. The lowest BCUT2D eigenvalue weighted by atomic mass is 10.1. The highest BCUT2D eigenvalue weighted by Crippen LogP contribution is 2.23. The van der Waals surface area contributed by atoms with E-state index in [1.807, 2.05) is 0 Å². The number of carbonyl (C=O) groups excluding carboxylic acids is 2. The Bertz CT molecular complexity index is 643. The van der Waals surface area contributed by atoms with Crippen LogP contribution in [0.1, 0.15) is 10.4 Å². The van der Waals surface area contributed by atoms with Crippen molar-refractivity contribution in [1.29, 1.82) is 0 Å². The summed E-state index contributed by atoms with van der Waals surface area (Å²) in [5.74, 6) is -0.718. The molecule has 0 bridgehead atoms. The van der Waals surface area contributed by atoms with E-state index < -0.39 is 5.91 Å². The molecule has 2 rings (SSSR count). The van der Waals surface area contributed by atoms with Crippen molar-refractivity contribution < 1.29 is 9.59 Å². The minimum Gasteiger partial charge on any atom is -0.374 e. The van der Waals surface area contributed by atoms with Crippen LogP contribution in [-0.2, 0) is 4.79 Å². The molecule has 0 aliphatic carbocycles. The second-order valence-corrected chi connectivity index (χ2v) is 5.88. The second-order valence-electron chi connectivity index (χ2n) is 3.65. The van der Waals surface area contributed by atoms with Crippen LogP contribution in [-0.4, -0.2) is 27.8 Å². The monoisotopic (exact) mass is 309 g/mol. The number of nitrogen functional groups attached to an aromatic ring is 1. The van der Waals surface area contributed by atoms with Gasteiger partial charge in [0.05, 0.1) is 17.0 Å². The van der Waals surface area contributed by atoms with Crippen LogP contribution in [0.2, 0.25) is 0 Å². The number of rotatable bonds is 5. The Morgan fingerprint density at radius 3 is 2.70 bits per heavy atom. The molecule has 0 saturated heterocycles. The topological polar surface area (TPSA) is 124 Å². The molecule has 0 aliphatic rings. The van der Waals surface area contributed by atoms with Crippen LogP contribution in [0.25, 0.3) is 0 Å². The Morgan fingerprint density at radius 2 is 2.05 bits per heavy atom. The van der Waals surface area contributed by atoms with Gasteiger partial charge in [-0.25, -0.2) is 0 Å². The molecule has 0 unspecified atom stereocenters. The van der Waals surface area contributed by atoms with Crippen LogP contribution < -0.4 is 16.8 Å². The largest absolute Gasteiger partial charge is 0.374 e. The van der Waals surface area contributed by atoms with Crippen LogP contribution in [0.5, 0.6) is 0 Å². The van der Waals surface area contributed by atoms with Crippen LogP contribution in [0.3, 0.4) is 0 Å². The predicted molar refractivity (Wildman–Crippen MR) is 78.6 cm³/mol.